The number of Topliss-reactive ketones (excluding diaryl/α,β-unsaturated/α-hetero) is 1. The molecular formula is C16H18N2O. The highest BCUT2D eigenvalue weighted by Crippen LogP contribution is 2.28. The molecule has 98 valence electrons. The maximum absolute atomic E-state index is 12.7. The Morgan fingerprint density at radius 3 is 2.95 bits per heavy atom. The van der Waals surface area contributed by atoms with Crippen LogP contribution >= 0.6 is 0 Å². The molecule has 2 atom stereocenters. The summed E-state index contributed by atoms with van der Waals surface area (Å²) in [6.07, 6.45) is 5.63. The van der Waals surface area contributed by atoms with Crippen LogP contribution in [0.4, 0.5) is 0 Å². The Balaban J connectivity index is 1.97. The molecule has 3 rings (SSSR count). The Bertz CT molecular complexity index is 603. The van der Waals surface area contributed by atoms with Crippen molar-refractivity contribution in [1.82, 2.24) is 4.98 Å². The van der Waals surface area contributed by atoms with E-state index in [1.165, 1.54) is 0 Å². The highest BCUT2D eigenvalue weighted by molar-refractivity contribution is 6.08. The Morgan fingerprint density at radius 1 is 1.21 bits per heavy atom. The van der Waals surface area contributed by atoms with Crippen LogP contribution in [-0.4, -0.2) is 16.8 Å². The van der Waals surface area contributed by atoms with Gasteiger partial charge in [0.25, 0.3) is 0 Å². The number of fused-ring (bicyclic) bond motifs is 1. The lowest BCUT2D eigenvalue weighted by Crippen LogP contribution is -2.31. The summed E-state index contributed by atoms with van der Waals surface area (Å²) >= 11 is 0. The van der Waals surface area contributed by atoms with Crippen molar-refractivity contribution < 1.29 is 4.79 Å². The van der Waals surface area contributed by atoms with Crippen molar-refractivity contribution in [2.45, 2.75) is 31.7 Å². The van der Waals surface area contributed by atoms with Gasteiger partial charge < -0.3 is 5.73 Å². The van der Waals surface area contributed by atoms with Gasteiger partial charge in [-0.25, -0.2) is 0 Å². The fourth-order valence-electron chi connectivity index (χ4n) is 3.00. The molecule has 0 spiro atoms. The molecule has 1 aromatic carbocycles. The molecule has 3 nitrogen and oxygen atoms in total. The molecule has 0 bridgehead atoms. The third-order valence-corrected chi connectivity index (χ3v) is 4.00. The molecule has 2 unspecified atom stereocenters. The van der Waals surface area contributed by atoms with E-state index in [9.17, 15) is 4.79 Å². The summed E-state index contributed by atoms with van der Waals surface area (Å²) in [5.41, 5.74) is 7.67. The molecule has 1 aliphatic rings. The van der Waals surface area contributed by atoms with Crippen molar-refractivity contribution in [2.24, 2.45) is 11.7 Å². The number of nitrogens with zero attached hydrogens (tertiary/aromatic N) is 1. The number of ketones is 1. The second-order valence-electron chi connectivity index (χ2n) is 5.36. The first-order valence-corrected chi connectivity index (χ1v) is 6.89. The van der Waals surface area contributed by atoms with Gasteiger partial charge in [0.1, 0.15) is 0 Å². The summed E-state index contributed by atoms with van der Waals surface area (Å²) in [5, 5.41) is 0.953. The smallest absolute Gasteiger partial charge is 0.166 e. The molecule has 3 heteroatoms. The molecule has 19 heavy (non-hydrogen) atoms. The van der Waals surface area contributed by atoms with Gasteiger partial charge in [0.15, 0.2) is 5.78 Å². The summed E-state index contributed by atoms with van der Waals surface area (Å²) in [5.74, 6) is 0.309. The minimum atomic E-state index is 0.0783. The summed E-state index contributed by atoms with van der Waals surface area (Å²) in [4.78, 5) is 17.0. The van der Waals surface area contributed by atoms with Crippen LogP contribution in [-0.2, 0) is 0 Å². The lowest BCUT2D eigenvalue weighted by atomic mass is 9.81. The minimum absolute atomic E-state index is 0.0783. The second kappa shape index (κ2) is 5.10. The molecule has 0 aliphatic heterocycles. The number of aromatic nitrogens is 1. The monoisotopic (exact) mass is 254 g/mol. The second-order valence-corrected chi connectivity index (χ2v) is 5.36. The number of nitrogens with two attached hydrogens (primary N) is 1. The first kappa shape index (κ1) is 12.3. The highest BCUT2D eigenvalue weighted by atomic mass is 16.1. The average molecular weight is 254 g/mol. The maximum Gasteiger partial charge on any atom is 0.166 e. The van der Waals surface area contributed by atoms with Crippen LogP contribution in [0.5, 0.6) is 0 Å². The standard InChI is InChI=1S/C16H18N2O/c17-12-5-1-4-11(10-12)16(19)14-6-2-8-15-13(14)7-3-9-18-15/h2-3,6-9,11-12H,1,4-5,10,17H2. The average Bonchev–Trinajstić information content (AvgIpc) is 2.46. The normalized spacial score (nSPS) is 23.4. The van der Waals surface area contributed by atoms with Gasteiger partial charge in [-0.1, -0.05) is 24.6 Å². The Labute approximate surface area is 112 Å². The molecule has 1 heterocycles. The predicted octanol–water partition coefficient (Wildman–Crippen LogP) is 2.94. The van der Waals surface area contributed by atoms with E-state index in [1.807, 2.05) is 30.3 Å². The zero-order valence-electron chi connectivity index (χ0n) is 10.9. The van der Waals surface area contributed by atoms with E-state index >= 15 is 0 Å². The Kier molecular flexibility index (Phi) is 3.30. The van der Waals surface area contributed by atoms with Gasteiger partial charge in [0, 0.05) is 29.1 Å². The zero-order valence-corrected chi connectivity index (χ0v) is 10.9. The molecule has 2 N–H and O–H groups in total. The molecule has 1 aromatic heterocycles. The van der Waals surface area contributed by atoms with Crippen LogP contribution in [0.3, 0.4) is 0 Å². The van der Waals surface area contributed by atoms with Crippen molar-refractivity contribution in [3.8, 4) is 0 Å². The molecule has 0 saturated heterocycles. The van der Waals surface area contributed by atoms with Crippen molar-refractivity contribution >= 4 is 16.7 Å². The van der Waals surface area contributed by atoms with Crippen LogP contribution in [0.2, 0.25) is 0 Å². The van der Waals surface area contributed by atoms with Crippen molar-refractivity contribution in [3.63, 3.8) is 0 Å². The van der Waals surface area contributed by atoms with Crippen LogP contribution < -0.4 is 5.73 Å². The fraction of sp³-hybridized carbons (Fsp3) is 0.375. The van der Waals surface area contributed by atoms with E-state index < -0.39 is 0 Å². The largest absolute Gasteiger partial charge is 0.328 e. The van der Waals surface area contributed by atoms with Crippen LogP contribution in [0, 0.1) is 5.92 Å². The summed E-state index contributed by atoms with van der Waals surface area (Å²) in [6, 6.07) is 9.79. The third kappa shape index (κ3) is 2.38. The van der Waals surface area contributed by atoms with E-state index in [4.69, 9.17) is 5.73 Å². The van der Waals surface area contributed by atoms with Gasteiger partial charge in [-0.15, -0.1) is 0 Å². The van der Waals surface area contributed by atoms with Gasteiger partial charge >= 0.3 is 0 Å². The lowest BCUT2D eigenvalue weighted by molar-refractivity contribution is 0.0883. The first-order valence-electron chi connectivity index (χ1n) is 6.89. The molecule has 1 saturated carbocycles. The van der Waals surface area contributed by atoms with Gasteiger partial charge in [-0.2, -0.15) is 0 Å². The van der Waals surface area contributed by atoms with Crippen molar-refractivity contribution in [3.05, 3.63) is 42.1 Å². The van der Waals surface area contributed by atoms with Gasteiger partial charge in [0.05, 0.1) is 5.52 Å². The fourth-order valence-corrected chi connectivity index (χ4v) is 3.00. The summed E-state index contributed by atoms with van der Waals surface area (Å²) < 4.78 is 0. The molecule has 1 aliphatic carbocycles. The van der Waals surface area contributed by atoms with Crippen molar-refractivity contribution in [2.75, 3.05) is 0 Å². The van der Waals surface area contributed by atoms with E-state index in [-0.39, 0.29) is 17.7 Å². The summed E-state index contributed by atoms with van der Waals surface area (Å²) in [6.45, 7) is 0. The van der Waals surface area contributed by atoms with Crippen LogP contribution in [0.25, 0.3) is 10.9 Å². The number of pyridine rings is 1. The number of rotatable bonds is 2. The Hall–Kier alpha value is -1.74. The number of hydrogen-bond donors (Lipinski definition) is 1. The molecular weight excluding hydrogens is 236 g/mol. The van der Waals surface area contributed by atoms with Gasteiger partial charge in [-0.05, 0) is 31.4 Å². The van der Waals surface area contributed by atoms with Gasteiger partial charge in [-0.3, -0.25) is 9.78 Å². The van der Waals surface area contributed by atoms with Crippen LogP contribution in [0.1, 0.15) is 36.0 Å². The maximum atomic E-state index is 12.7. The predicted molar refractivity (Wildman–Crippen MR) is 76.0 cm³/mol. The molecule has 0 radical (unpaired) electrons. The van der Waals surface area contributed by atoms with Crippen molar-refractivity contribution in [1.29, 1.82) is 0 Å². The quantitative estimate of drug-likeness (QED) is 0.838. The number of benzene rings is 1. The third-order valence-electron chi connectivity index (χ3n) is 4.00. The van der Waals surface area contributed by atoms with E-state index in [0.717, 1.165) is 42.1 Å². The van der Waals surface area contributed by atoms with Crippen LogP contribution in [0.15, 0.2) is 36.5 Å². The molecule has 1 fully saturated rings. The number of carbonyl (C=O) groups excluding carboxylic acids is 1. The number of hydrogen-bond acceptors (Lipinski definition) is 3. The van der Waals surface area contributed by atoms with E-state index in [2.05, 4.69) is 4.98 Å². The summed E-state index contributed by atoms with van der Waals surface area (Å²) in [7, 11) is 0. The topological polar surface area (TPSA) is 56.0 Å². The van der Waals surface area contributed by atoms with E-state index in [0.29, 0.717) is 0 Å². The lowest BCUT2D eigenvalue weighted by Gasteiger charge is -2.25. The van der Waals surface area contributed by atoms with Gasteiger partial charge in [0.2, 0.25) is 0 Å². The Morgan fingerprint density at radius 2 is 2.11 bits per heavy atom. The molecule has 2 aromatic rings. The molecule has 0 amide bonds. The SMILES string of the molecule is NC1CCCC(C(=O)c2cccc3ncccc23)C1. The number of carbonyl (C=O) groups is 1. The minimum Gasteiger partial charge on any atom is -0.328 e. The highest BCUT2D eigenvalue weighted by Gasteiger charge is 2.27. The zero-order chi connectivity index (χ0) is 13.2. The first-order chi connectivity index (χ1) is 9.25. The van der Waals surface area contributed by atoms with E-state index in [1.54, 1.807) is 6.20 Å².